The van der Waals surface area contributed by atoms with Crippen molar-refractivity contribution in [2.24, 2.45) is 0 Å². The summed E-state index contributed by atoms with van der Waals surface area (Å²) in [5.74, 6) is -0.527. The fraction of sp³-hybridized carbons (Fsp3) is 0.208. The molecule has 0 amide bonds. The molecule has 1 N–H and O–H groups in total. The molecule has 0 saturated heterocycles. The summed E-state index contributed by atoms with van der Waals surface area (Å²) in [6, 6.07) is 21.9. The minimum absolute atomic E-state index is 0.0677. The smallest absolute Gasteiger partial charge is 0.338 e. The molecule has 7 nitrogen and oxygen atoms in total. The topological polar surface area (TPSA) is 90.7 Å². The third-order valence-electron chi connectivity index (χ3n) is 4.85. The Labute approximate surface area is 180 Å². The van der Waals surface area contributed by atoms with Gasteiger partial charge >= 0.3 is 11.7 Å². The first kappa shape index (κ1) is 21.8. The minimum Gasteiger partial charge on any atom is -0.490 e. The van der Waals surface area contributed by atoms with Gasteiger partial charge in [-0.3, -0.25) is 10.1 Å². The van der Waals surface area contributed by atoms with Gasteiger partial charge in [0.05, 0.1) is 30.2 Å². The number of nitro groups is 1. The summed E-state index contributed by atoms with van der Waals surface area (Å²) in [6.45, 7) is 2.18. The van der Waals surface area contributed by atoms with Gasteiger partial charge in [-0.2, -0.15) is 0 Å². The second-order valence-electron chi connectivity index (χ2n) is 7.04. The van der Waals surface area contributed by atoms with Crippen LogP contribution >= 0.6 is 0 Å². The number of ether oxygens (including phenoxy) is 2. The van der Waals surface area contributed by atoms with E-state index in [1.165, 1.54) is 30.9 Å². The van der Waals surface area contributed by atoms with Gasteiger partial charge in [0.1, 0.15) is 0 Å². The van der Waals surface area contributed by atoms with Crippen LogP contribution in [-0.4, -0.2) is 24.6 Å². The first-order valence-electron chi connectivity index (χ1n) is 9.85. The number of anilines is 1. The summed E-state index contributed by atoms with van der Waals surface area (Å²) in [7, 11) is 1.34. The average Bonchev–Trinajstić information content (AvgIpc) is 2.79. The van der Waals surface area contributed by atoms with E-state index >= 15 is 0 Å². The van der Waals surface area contributed by atoms with Crippen molar-refractivity contribution < 1.29 is 19.2 Å². The Kier molecular flexibility index (Phi) is 7.22. The van der Waals surface area contributed by atoms with Gasteiger partial charge in [-0.25, -0.2) is 4.79 Å². The van der Waals surface area contributed by atoms with Gasteiger partial charge in [0.25, 0.3) is 0 Å². The number of hydrogen-bond donors (Lipinski definition) is 1. The van der Waals surface area contributed by atoms with Crippen LogP contribution in [0, 0.1) is 17.0 Å². The van der Waals surface area contributed by atoms with Gasteiger partial charge in [0, 0.05) is 18.2 Å². The second kappa shape index (κ2) is 10.2. The summed E-state index contributed by atoms with van der Waals surface area (Å²) >= 11 is 0. The summed E-state index contributed by atoms with van der Waals surface area (Å²) < 4.78 is 10.4. The lowest BCUT2D eigenvalue weighted by Gasteiger charge is -2.20. The summed E-state index contributed by atoms with van der Waals surface area (Å²) in [6.07, 6.45) is 0.530. The zero-order chi connectivity index (χ0) is 22.2. The molecule has 0 aliphatic rings. The van der Waals surface area contributed by atoms with Gasteiger partial charge < -0.3 is 14.8 Å². The van der Waals surface area contributed by atoms with Crippen molar-refractivity contribution in [1.82, 2.24) is 0 Å². The Balaban J connectivity index is 1.67. The van der Waals surface area contributed by atoms with Crippen LogP contribution in [0.4, 0.5) is 11.4 Å². The molecule has 3 aromatic rings. The Morgan fingerprint density at radius 2 is 1.77 bits per heavy atom. The lowest BCUT2D eigenvalue weighted by Crippen LogP contribution is -2.15. The first-order valence-corrected chi connectivity index (χ1v) is 9.85. The van der Waals surface area contributed by atoms with E-state index in [1.54, 1.807) is 0 Å². The monoisotopic (exact) mass is 420 g/mol. The Morgan fingerprint density at radius 1 is 1.06 bits per heavy atom. The molecule has 1 unspecified atom stereocenters. The molecular formula is C24H24N2O5. The number of hydrogen-bond acceptors (Lipinski definition) is 6. The zero-order valence-corrected chi connectivity index (χ0v) is 17.4. The minimum atomic E-state index is -0.618. The van der Waals surface area contributed by atoms with Crippen LogP contribution in [0.2, 0.25) is 0 Å². The molecule has 160 valence electrons. The molecule has 0 aromatic heterocycles. The molecule has 7 heteroatoms. The molecule has 0 radical (unpaired) electrons. The molecular weight excluding hydrogens is 396 g/mol. The van der Waals surface area contributed by atoms with Crippen LogP contribution in [-0.2, 0) is 4.74 Å². The number of carbonyl (C=O) groups excluding carboxylic acids is 1. The number of nitrogens with one attached hydrogen (secondary N) is 1. The molecule has 0 aliphatic carbocycles. The van der Waals surface area contributed by atoms with E-state index in [0.717, 1.165) is 11.3 Å². The molecule has 0 bridgehead atoms. The number of benzene rings is 3. The van der Waals surface area contributed by atoms with Crippen LogP contribution in [0.5, 0.6) is 5.75 Å². The van der Waals surface area contributed by atoms with E-state index in [2.05, 4.69) is 5.32 Å². The molecule has 3 aromatic carbocycles. The number of carbonyl (C=O) groups is 1. The van der Waals surface area contributed by atoms with Crippen molar-refractivity contribution in [2.45, 2.75) is 19.4 Å². The third kappa shape index (κ3) is 5.82. The van der Waals surface area contributed by atoms with Crippen molar-refractivity contribution in [2.75, 3.05) is 19.0 Å². The van der Waals surface area contributed by atoms with E-state index < -0.39 is 10.9 Å². The molecule has 31 heavy (non-hydrogen) atoms. The van der Waals surface area contributed by atoms with Crippen molar-refractivity contribution >= 4 is 17.3 Å². The molecule has 0 fully saturated rings. The van der Waals surface area contributed by atoms with E-state index in [1.807, 2.05) is 61.5 Å². The highest BCUT2D eigenvalue weighted by atomic mass is 16.6. The Hall–Kier alpha value is -3.87. The highest BCUT2D eigenvalue weighted by Crippen LogP contribution is 2.28. The number of aryl methyl sites for hydroxylation is 1. The summed E-state index contributed by atoms with van der Waals surface area (Å²) in [5, 5.41) is 14.7. The van der Waals surface area contributed by atoms with Gasteiger partial charge in [-0.05, 0) is 36.8 Å². The maximum absolute atomic E-state index is 12.4. The number of rotatable bonds is 9. The third-order valence-corrected chi connectivity index (χ3v) is 4.85. The highest BCUT2D eigenvalue weighted by molar-refractivity contribution is 5.90. The molecule has 3 rings (SSSR count). The van der Waals surface area contributed by atoms with E-state index in [-0.39, 0.29) is 29.6 Å². The molecule has 0 heterocycles. The average molecular weight is 420 g/mol. The molecule has 0 aliphatic heterocycles. The normalized spacial score (nSPS) is 11.4. The largest absolute Gasteiger partial charge is 0.490 e. The molecule has 1 atom stereocenters. The number of esters is 1. The SMILES string of the molecule is COc1ccc(C(=O)OCCC(Nc2ccc(C)cc2)c2ccccc2)cc1[N+](=O)[O-]. The maximum Gasteiger partial charge on any atom is 0.338 e. The van der Waals surface area contributed by atoms with Crippen LogP contribution in [0.15, 0.2) is 72.8 Å². The second-order valence-corrected chi connectivity index (χ2v) is 7.04. The predicted molar refractivity (Wildman–Crippen MR) is 119 cm³/mol. The lowest BCUT2D eigenvalue weighted by molar-refractivity contribution is -0.385. The summed E-state index contributed by atoms with van der Waals surface area (Å²) in [5.41, 5.74) is 3.04. The zero-order valence-electron chi connectivity index (χ0n) is 17.4. The van der Waals surface area contributed by atoms with E-state index in [9.17, 15) is 14.9 Å². The van der Waals surface area contributed by atoms with Gasteiger partial charge in [0.15, 0.2) is 5.75 Å². The van der Waals surface area contributed by atoms with Gasteiger partial charge in [-0.15, -0.1) is 0 Å². The maximum atomic E-state index is 12.4. The predicted octanol–water partition coefficient (Wildman–Crippen LogP) is 5.31. The van der Waals surface area contributed by atoms with E-state index in [4.69, 9.17) is 9.47 Å². The lowest BCUT2D eigenvalue weighted by atomic mass is 10.0. The van der Waals surface area contributed by atoms with Crippen LogP contribution in [0.25, 0.3) is 0 Å². The van der Waals surface area contributed by atoms with Gasteiger partial charge in [0.2, 0.25) is 0 Å². The Morgan fingerprint density at radius 3 is 2.42 bits per heavy atom. The van der Waals surface area contributed by atoms with Crippen molar-refractivity contribution in [3.63, 3.8) is 0 Å². The molecule has 0 spiro atoms. The highest BCUT2D eigenvalue weighted by Gasteiger charge is 2.19. The molecule has 0 saturated carbocycles. The number of nitro benzene ring substituents is 1. The van der Waals surface area contributed by atoms with Crippen LogP contribution < -0.4 is 10.1 Å². The Bertz CT molecular complexity index is 1040. The van der Waals surface area contributed by atoms with Crippen molar-refractivity contribution in [3.05, 3.63) is 99.6 Å². The quantitative estimate of drug-likeness (QED) is 0.286. The number of nitrogens with zero attached hydrogens (tertiary/aromatic N) is 1. The number of methoxy groups -OCH3 is 1. The standard InChI is InChI=1S/C24H24N2O5/c1-17-8-11-20(12-9-17)25-21(18-6-4-3-5-7-18)14-15-31-24(27)19-10-13-23(30-2)22(16-19)26(28)29/h3-13,16,21,25H,14-15H2,1-2H3. The van der Waals surface area contributed by atoms with Crippen LogP contribution in [0.1, 0.15) is 33.9 Å². The fourth-order valence-corrected chi connectivity index (χ4v) is 3.17. The van der Waals surface area contributed by atoms with Crippen LogP contribution in [0.3, 0.4) is 0 Å². The van der Waals surface area contributed by atoms with E-state index in [0.29, 0.717) is 6.42 Å². The fourth-order valence-electron chi connectivity index (χ4n) is 3.17. The first-order chi connectivity index (χ1) is 15.0. The van der Waals surface area contributed by atoms with Crippen molar-refractivity contribution in [3.8, 4) is 5.75 Å². The van der Waals surface area contributed by atoms with Crippen molar-refractivity contribution in [1.29, 1.82) is 0 Å². The summed E-state index contributed by atoms with van der Waals surface area (Å²) in [4.78, 5) is 23.0. The van der Waals surface area contributed by atoms with Gasteiger partial charge in [-0.1, -0.05) is 48.0 Å².